The van der Waals surface area contributed by atoms with E-state index in [1.54, 1.807) is 11.3 Å². The molecule has 0 spiro atoms. The maximum absolute atomic E-state index is 8.21. The van der Waals surface area contributed by atoms with Crippen molar-refractivity contribution in [2.45, 2.75) is 6.54 Å². The summed E-state index contributed by atoms with van der Waals surface area (Å²) in [5.74, 6) is 0. The van der Waals surface area contributed by atoms with Crippen molar-refractivity contribution in [2.24, 2.45) is 5.11 Å². The lowest BCUT2D eigenvalue weighted by molar-refractivity contribution is 1.08. The van der Waals surface area contributed by atoms with Crippen LogP contribution in [0.3, 0.4) is 0 Å². The molecule has 0 unspecified atom stereocenters. The van der Waals surface area contributed by atoms with Crippen molar-refractivity contribution < 1.29 is 0 Å². The monoisotopic (exact) mass is 215 g/mol. The fourth-order valence-electron chi connectivity index (χ4n) is 1.32. The van der Waals surface area contributed by atoms with Crippen molar-refractivity contribution in [3.05, 3.63) is 57.8 Å². The van der Waals surface area contributed by atoms with Crippen LogP contribution in [0.4, 0.5) is 0 Å². The van der Waals surface area contributed by atoms with Gasteiger partial charge in [0.05, 0.1) is 6.54 Å². The Balaban J connectivity index is 2.24. The molecule has 0 aliphatic carbocycles. The molecule has 0 aliphatic rings. The summed E-state index contributed by atoms with van der Waals surface area (Å²) in [5.41, 5.74) is 9.42. The quantitative estimate of drug-likeness (QED) is 0.418. The van der Waals surface area contributed by atoms with E-state index < -0.39 is 0 Å². The van der Waals surface area contributed by atoms with Gasteiger partial charge < -0.3 is 0 Å². The predicted molar refractivity (Wildman–Crippen MR) is 62.6 cm³/mol. The van der Waals surface area contributed by atoms with E-state index in [1.165, 1.54) is 10.4 Å². The largest absolute Gasteiger partial charge is 0.140 e. The molecule has 0 saturated carbocycles. The summed E-state index contributed by atoms with van der Waals surface area (Å²) in [5, 5.41) is 3.54. The molecule has 2 rings (SSSR count). The Labute approximate surface area is 91.6 Å². The Hall–Kier alpha value is -1.77. The van der Waals surface area contributed by atoms with Gasteiger partial charge in [-0.1, -0.05) is 35.4 Å². The lowest BCUT2D eigenvalue weighted by Crippen LogP contribution is -1.68. The maximum atomic E-state index is 8.21. The Kier molecular flexibility index (Phi) is 3.02. The van der Waals surface area contributed by atoms with Gasteiger partial charge in [-0.15, -0.1) is 11.3 Å². The minimum Gasteiger partial charge on any atom is -0.140 e. The summed E-state index contributed by atoms with van der Waals surface area (Å²) in [7, 11) is 0. The van der Waals surface area contributed by atoms with Gasteiger partial charge in [0.15, 0.2) is 0 Å². The topological polar surface area (TPSA) is 48.8 Å². The molecule has 0 N–H and O–H groups in total. The Morgan fingerprint density at radius 3 is 2.67 bits per heavy atom. The Morgan fingerprint density at radius 1 is 1.13 bits per heavy atom. The maximum Gasteiger partial charge on any atom is 0.0605 e. The van der Waals surface area contributed by atoms with Gasteiger partial charge >= 0.3 is 0 Å². The molecule has 0 amide bonds. The van der Waals surface area contributed by atoms with Crippen molar-refractivity contribution in [1.29, 1.82) is 0 Å². The highest BCUT2D eigenvalue weighted by Gasteiger charge is 2.00. The molecule has 3 nitrogen and oxygen atoms in total. The predicted octanol–water partition coefficient (Wildman–Crippen LogP) is 4.23. The van der Waals surface area contributed by atoms with Gasteiger partial charge in [-0.25, -0.2) is 0 Å². The number of thiophene rings is 1. The summed E-state index contributed by atoms with van der Waals surface area (Å²) in [6, 6.07) is 14.2. The molecule has 15 heavy (non-hydrogen) atoms. The first-order valence-electron chi connectivity index (χ1n) is 4.55. The molecule has 1 heterocycles. The van der Waals surface area contributed by atoms with Crippen LogP contribution in [0, 0.1) is 0 Å². The number of azide groups is 1. The average Bonchev–Trinajstić information content (AvgIpc) is 2.76. The van der Waals surface area contributed by atoms with Crippen molar-refractivity contribution >= 4 is 11.3 Å². The van der Waals surface area contributed by atoms with Crippen molar-refractivity contribution in [3.63, 3.8) is 0 Å². The number of rotatable bonds is 3. The van der Waals surface area contributed by atoms with Crippen LogP contribution in [-0.4, -0.2) is 0 Å². The van der Waals surface area contributed by atoms with E-state index in [1.807, 2.05) is 24.3 Å². The van der Waals surface area contributed by atoms with Gasteiger partial charge in [0, 0.05) is 14.7 Å². The molecule has 0 aliphatic heterocycles. The van der Waals surface area contributed by atoms with Crippen LogP contribution < -0.4 is 0 Å². The van der Waals surface area contributed by atoms with E-state index in [-0.39, 0.29) is 0 Å². The van der Waals surface area contributed by atoms with Crippen LogP contribution in [-0.2, 0) is 6.54 Å². The third-order valence-electron chi connectivity index (χ3n) is 2.01. The smallest absolute Gasteiger partial charge is 0.0605 e. The van der Waals surface area contributed by atoms with Gasteiger partial charge in [0.25, 0.3) is 0 Å². The molecule has 4 heteroatoms. The second-order valence-electron chi connectivity index (χ2n) is 3.02. The second kappa shape index (κ2) is 4.64. The first-order valence-corrected chi connectivity index (χ1v) is 5.37. The molecule has 0 atom stereocenters. The first-order chi connectivity index (χ1) is 7.40. The third-order valence-corrected chi connectivity index (χ3v) is 3.13. The Bertz CT molecular complexity index is 484. The molecule has 0 radical (unpaired) electrons. The minimum atomic E-state index is 0.438. The zero-order valence-corrected chi connectivity index (χ0v) is 8.81. The lowest BCUT2D eigenvalue weighted by Gasteiger charge is -1.94. The molecule has 1 aromatic carbocycles. The van der Waals surface area contributed by atoms with E-state index in [2.05, 4.69) is 28.2 Å². The van der Waals surface area contributed by atoms with Crippen molar-refractivity contribution in [1.82, 2.24) is 0 Å². The summed E-state index contributed by atoms with van der Waals surface area (Å²) >= 11 is 1.66. The molecule has 0 fully saturated rings. The van der Waals surface area contributed by atoms with E-state index in [0.29, 0.717) is 6.54 Å². The molecule has 0 bridgehead atoms. The number of nitrogens with zero attached hydrogens (tertiary/aromatic N) is 3. The summed E-state index contributed by atoms with van der Waals surface area (Å²) < 4.78 is 0. The molecule has 74 valence electrons. The third kappa shape index (κ3) is 2.37. The van der Waals surface area contributed by atoms with Crippen LogP contribution in [0.25, 0.3) is 20.9 Å². The summed E-state index contributed by atoms with van der Waals surface area (Å²) in [6.45, 7) is 0.438. The highest BCUT2D eigenvalue weighted by atomic mass is 32.1. The molecule has 2 aromatic rings. The fraction of sp³-hybridized carbons (Fsp3) is 0.0909. The van der Waals surface area contributed by atoms with E-state index >= 15 is 0 Å². The SMILES string of the molecule is [N-]=[N+]=NCc1ccc(-c2ccccc2)s1. The van der Waals surface area contributed by atoms with E-state index in [4.69, 9.17) is 5.53 Å². The van der Waals surface area contributed by atoms with Crippen molar-refractivity contribution in [2.75, 3.05) is 0 Å². The molecule has 0 saturated heterocycles. The van der Waals surface area contributed by atoms with Gasteiger partial charge in [-0.2, -0.15) is 0 Å². The van der Waals surface area contributed by atoms with Crippen LogP contribution >= 0.6 is 11.3 Å². The van der Waals surface area contributed by atoms with Gasteiger partial charge in [0.1, 0.15) is 0 Å². The van der Waals surface area contributed by atoms with Gasteiger partial charge in [-0.3, -0.25) is 0 Å². The van der Waals surface area contributed by atoms with Gasteiger partial charge in [0.2, 0.25) is 0 Å². The minimum absolute atomic E-state index is 0.438. The summed E-state index contributed by atoms with van der Waals surface area (Å²) in [6.07, 6.45) is 0. The van der Waals surface area contributed by atoms with Crippen LogP contribution in [0.5, 0.6) is 0 Å². The number of benzene rings is 1. The normalized spacial score (nSPS) is 9.60. The highest BCUT2D eigenvalue weighted by molar-refractivity contribution is 7.15. The molecular formula is C11H9N3S. The Morgan fingerprint density at radius 2 is 1.93 bits per heavy atom. The lowest BCUT2D eigenvalue weighted by atomic mass is 10.2. The number of hydrogen-bond donors (Lipinski definition) is 0. The second-order valence-corrected chi connectivity index (χ2v) is 4.19. The van der Waals surface area contributed by atoms with E-state index in [9.17, 15) is 0 Å². The van der Waals surface area contributed by atoms with Crippen LogP contribution in [0.15, 0.2) is 47.6 Å². The molecular weight excluding hydrogens is 206 g/mol. The van der Waals surface area contributed by atoms with Gasteiger partial charge in [-0.05, 0) is 23.2 Å². The zero-order chi connectivity index (χ0) is 10.5. The first kappa shape index (κ1) is 9.77. The highest BCUT2D eigenvalue weighted by Crippen LogP contribution is 2.28. The number of hydrogen-bond acceptors (Lipinski definition) is 2. The fourth-order valence-corrected chi connectivity index (χ4v) is 2.25. The summed E-state index contributed by atoms with van der Waals surface area (Å²) in [4.78, 5) is 5.04. The van der Waals surface area contributed by atoms with E-state index in [0.717, 1.165) is 4.88 Å². The van der Waals surface area contributed by atoms with Crippen LogP contribution in [0.1, 0.15) is 4.88 Å². The standard InChI is InChI=1S/C11H9N3S/c12-14-13-8-10-6-7-11(15-10)9-4-2-1-3-5-9/h1-7H,8H2. The van der Waals surface area contributed by atoms with Crippen LogP contribution in [0.2, 0.25) is 0 Å². The zero-order valence-electron chi connectivity index (χ0n) is 8.00. The average molecular weight is 215 g/mol. The van der Waals surface area contributed by atoms with Crippen molar-refractivity contribution in [3.8, 4) is 10.4 Å². The molecule has 1 aromatic heterocycles.